The predicted molar refractivity (Wildman–Crippen MR) is 82.3 cm³/mol. The zero-order valence-electron chi connectivity index (χ0n) is 13.4. The van der Waals surface area contributed by atoms with Crippen molar-refractivity contribution >= 4 is 5.97 Å². The standard InChI is InChI=1S/C16H27N3O2/c1-4-10-17-14(16(20)21-5-2)11-19-12(3)18-13-8-6-7-9-15(13)19/h14,17H,4-11H2,1-3H3. The van der Waals surface area contributed by atoms with Crippen LogP contribution in [0.15, 0.2) is 0 Å². The van der Waals surface area contributed by atoms with Crippen LogP contribution in [0.1, 0.15) is 50.3 Å². The van der Waals surface area contributed by atoms with Crippen molar-refractivity contribution in [3.8, 4) is 0 Å². The van der Waals surface area contributed by atoms with E-state index in [1.54, 1.807) is 0 Å². The second kappa shape index (κ2) is 7.59. The topological polar surface area (TPSA) is 56.2 Å². The van der Waals surface area contributed by atoms with Gasteiger partial charge in [0.2, 0.25) is 0 Å². The van der Waals surface area contributed by atoms with Gasteiger partial charge in [-0.2, -0.15) is 0 Å². The summed E-state index contributed by atoms with van der Waals surface area (Å²) in [5.41, 5.74) is 2.53. The van der Waals surface area contributed by atoms with E-state index in [9.17, 15) is 4.79 Å². The van der Waals surface area contributed by atoms with Crippen molar-refractivity contribution in [2.75, 3.05) is 13.2 Å². The molecule has 5 nitrogen and oxygen atoms in total. The number of carbonyl (C=O) groups is 1. The summed E-state index contributed by atoms with van der Waals surface area (Å²) in [6.45, 7) is 7.83. The molecule has 1 aromatic heterocycles. The third kappa shape index (κ3) is 3.84. The number of rotatable bonds is 7. The number of imidazole rings is 1. The SMILES string of the molecule is CCCNC(Cn1c(C)nc2c1CCCC2)C(=O)OCC. The van der Waals surface area contributed by atoms with Gasteiger partial charge in [0.1, 0.15) is 11.9 Å². The minimum Gasteiger partial charge on any atom is -0.465 e. The summed E-state index contributed by atoms with van der Waals surface area (Å²) >= 11 is 0. The summed E-state index contributed by atoms with van der Waals surface area (Å²) in [6, 6.07) is -0.288. The molecule has 1 aliphatic rings. The predicted octanol–water partition coefficient (Wildman–Crippen LogP) is 2.00. The molecule has 0 bridgehead atoms. The van der Waals surface area contributed by atoms with Crippen LogP contribution in [0.2, 0.25) is 0 Å². The van der Waals surface area contributed by atoms with Gasteiger partial charge < -0.3 is 14.6 Å². The van der Waals surface area contributed by atoms with Crippen molar-refractivity contribution in [1.29, 1.82) is 0 Å². The highest BCUT2D eigenvalue weighted by Gasteiger charge is 2.24. The van der Waals surface area contributed by atoms with Gasteiger partial charge in [-0.3, -0.25) is 4.79 Å². The van der Waals surface area contributed by atoms with Crippen molar-refractivity contribution in [2.24, 2.45) is 0 Å². The van der Waals surface area contributed by atoms with E-state index in [0.29, 0.717) is 13.2 Å². The Morgan fingerprint density at radius 1 is 1.38 bits per heavy atom. The third-order valence-corrected chi connectivity index (χ3v) is 4.00. The quantitative estimate of drug-likeness (QED) is 0.781. The van der Waals surface area contributed by atoms with Crippen LogP contribution in [0.25, 0.3) is 0 Å². The molecule has 0 radical (unpaired) electrons. The number of hydrogen-bond donors (Lipinski definition) is 1. The fourth-order valence-corrected chi connectivity index (χ4v) is 2.94. The van der Waals surface area contributed by atoms with Crippen LogP contribution in [0, 0.1) is 6.92 Å². The van der Waals surface area contributed by atoms with E-state index in [1.807, 2.05) is 13.8 Å². The average molecular weight is 293 g/mol. The van der Waals surface area contributed by atoms with Crippen LogP contribution in [-0.2, 0) is 28.9 Å². The summed E-state index contributed by atoms with van der Waals surface area (Å²) in [5.74, 6) is 0.845. The Balaban J connectivity index is 2.15. The smallest absolute Gasteiger partial charge is 0.324 e. The first-order valence-electron chi connectivity index (χ1n) is 8.12. The van der Waals surface area contributed by atoms with Gasteiger partial charge in [0, 0.05) is 5.69 Å². The minimum atomic E-state index is -0.288. The van der Waals surface area contributed by atoms with Crippen molar-refractivity contribution in [3.05, 3.63) is 17.2 Å². The molecule has 0 amide bonds. The van der Waals surface area contributed by atoms with Gasteiger partial charge in [0.15, 0.2) is 0 Å². The Morgan fingerprint density at radius 3 is 2.86 bits per heavy atom. The fourth-order valence-electron chi connectivity index (χ4n) is 2.94. The number of ether oxygens (including phenoxy) is 1. The molecule has 1 heterocycles. The molecule has 21 heavy (non-hydrogen) atoms. The van der Waals surface area contributed by atoms with Gasteiger partial charge >= 0.3 is 5.97 Å². The molecular weight excluding hydrogens is 266 g/mol. The van der Waals surface area contributed by atoms with E-state index < -0.39 is 0 Å². The van der Waals surface area contributed by atoms with Crippen LogP contribution in [0.5, 0.6) is 0 Å². The Kier molecular flexibility index (Phi) is 5.79. The maximum absolute atomic E-state index is 12.1. The summed E-state index contributed by atoms with van der Waals surface area (Å²) in [6.07, 6.45) is 5.56. The van der Waals surface area contributed by atoms with Crippen molar-refractivity contribution < 1.29 is 9.53 Å². The fraction of sp³-hybridized carbons (Fsp3) is 0.750. The molecule has 0 aliphatic heterocycles. The van der Waals surface area contributed by atoms with E-state index in [0.717, 1.165) is 31.6 Å². The van der Waals surface area contributed by atoms with E-state index in [-0.39, 0.29) is 12.0 Å². The van der Waals surface area contributed by atoms with E-state index in [4.69, 9.17) is 4.74 Å². The molecule has 1 aromatic rings. The van der Waals surface area contributed by atoms with Crippen molar-refractivity contribution in [2.45, 2.75) is 65.5 Å². The molecule has 0 saturated heterocycles. The highest BCUT2D eigenvalue weighted by atomic mass is 16.5. The maximum atomic E-state index is 12.1. The summed E-state index contributed by atoms with van der Waals surface area (Å²) in [5, 5.41) is 3.30. The molecule has 0 spiro atoms. The second-order valence-electron chi connectivity index (χ2n) is 5.63. The monoisotopic (exact) mass is 293 g/mol. The lowest BCUT2D eigenvalue weighted by Gasteiger charge is -2.21. The molecule has 118 valence electrons. The Hall–Kier alpha value is -1.36. The first kappa shape index (κ1) is 16.0. The van der Waals surface area contributed by atoms with E-state index in [2.05, 4.69) is 21.8 Å². The Morgan fingerprint density at radius 2 is 2.14 bits per heavy atom. The van der Waals surface area contributed by atoms with Crippen molar-refractivity contribution in [3.63, 3.8) is 0 Å². The van der Waals surface area contributed by atoms with Crippen LogP contribution < -0.4 is 5.32 Å². The molecule has 0 saturated carbocycles. The lowest BCUT2D eigenvalue weighted by atomic mass is 10.0. The van der Waals surface area contributed by atoms with Gasteiger partial charge in [-0.05, 0) is 52.5 Å². The van der Waals surface area contributed by atoms with Crippen LogP contribution in [-0.4, -0.2) is 34.7 Å². The minimum absolute atomic E-state index is 0.163. The van der Waals surface area contributed by atoms with Crippen LogP contribution in [0.3, 0.4) is 0 Å². The number of carbonyl (C=O) groups excluding carboxylic acids is 1. The second-order valence-corrected chi connectivity index (χ2v) is 5.63. The first-order chi connectivity index (χ1) is 10.2. The maximum Gasteiger partial charge on any atom is 0.324 e. The first-order valence-corrected chi connectivity index (χ1v) is 8.12. The average Bonchev–Trinajstić information content (AvgIpc) is 2.79. The van der Waals surface area contributed by atoms with Gasteiger partial charge in [0.25, 0.3) is 0 Å². The lowest BCUT2D eigenvalue weighted by molar-refractivity contribution is -0.146. The zero-order chi connectivity index (χ0) is 15.2. The van der Waals surface area contributed by atoms with Crippen molar-refractivity contribution in [1.82, 2.24) is 14.9 Å². The van der Waals surface area contributed by atoms with Gasteiger partial charge in [0.05, 0.1) is 18.8 Å². The van der Waals surface area contributed by atoms with Gasteiger partial charge in [-0.15, -0.1) is 0 Å². The number of hydrogen-bond acceptors (Lipinski definition) is 4. The normalized spacial score (nSPS) is 15.6. The molecule has 2 rings (SSSR count). The molecule has 1 N–H and O–H groups in total. The zero-order valence-corrected chi connectivity index (χ0v) is 13.4. The summed E-state index contributed by atoms with van der Waals surface area (Å²) < 4.78 is 7.41. The third-order valence-electron chi connectivity index (χ3n) is 4.00. The molecule has 0 fully saturated rings. The molecular formula is C16H27N3O2. The molecule has 0 aromatic carbocycles. The van der Waals surface area contributed by atoms with E-state index in [1.165, 1.54) is 24.2 Å². The largest absolute Gasteiger partial charge is 0.465 e. The Labute approximate surface area is 127 Å². The molecule has 1 unspecified atom stereocenters. The summed E-state index contributed by atoms with van der Waals surface area (Å²) in [7, 11) is 0. The summed E-state index contributed by atoms with van der Waals surface area (Å²) in [4.78, 5) is 16.8. The lowest BCUT2D eigenvalue weighted by Crippen LogP contribution is -2.42. The van der Waals surface area contributed by atoms with E-state index >= 15 is 0 Å². The number of esters is 1. The van der Waals surface area contributed by atoms with Crippen LogP contribution in [0.4, 0.5) is 0 Å². The number of nitrogens with zero attached hydrogens (tertiary/aromatic N) is 2. The van der Waals surface area contributed by atoms with Gasteiger partial charge in [-0.1, -0.05) is 6.92 Å². The molecule has 1 aliphatic carbocycles. The van der Waals surface area contributed by atoms with Crippen LogP contribution >= 0.6 is 0 Å². The number of fused-ring (bicyclic) bond motifs is 1. The number of aromatic nitrogens is 2. The molecule has 1 atom stereocenters. The van der Waals surface area contributed by atoms with Gasteiger partial charge in [-0.25, -0.2) is 4.98 Å². The Bertz CT molecular complexity index is 482. The number of aryl methyl sites for hydroxylation is 2. The number of nitrogens with one attached hydrogen (secondary N) is 1. The highest BCUT2D eigenvalue weighted by Crippen LogP contribution is 2.22. The molecule has 5 heteroatoms. The highest BCUT2D eigenvalue weighted by molar-refractivity contribution is 5.75.